The van der Waals surface area contributed by atoms with Crippen LogP contribution in [0.15, 0.2) is 0 Å². The third kappa shape index (κ3) is 1.17. The summed E-state index contributed by atoms with van der Waals surface area (Å²) < 4.78 is 7.66. The molecule has 0 saturated carbocycles. The highest BCUT2D eigenvalue weighted by molar-refractivity contribution is 14.1. The van der Waals surface area contributed by atoms with Crippen molar-refractivity contribution in [2.24, 2.45) is 0 Å². The average Bonchev–Trinajstić information content (AvgIpc) is 1.87. The van der Waals surface area contributed by atoms with E-state index in [0.29, 0.717) is 5.54 Å². The van der Waals surface area contributed by atoms with Gasteiger partial charge in [-0.15, -0.1) is 0 Å². The fraction of sp³-hybridized carbons (Fsp3) is 1.00. The molecule has 0 amide bonds. The zero-order valence-electron chi connectivity index (χ0n) is 5.77. The van der Waals surface area contributed by atoms with Crippen LogP contribution < -0.4 is 5.32 Å². The molecule has 1 N–H and O–H groups in total. The SMILES string of the molecule is IN1CC2(COCCN2)C1. The first-order valence-electron chi connectivity index (χ1n) is 3.54. The Kier molecular flexibility index (Phi) is 1.88. The second kappa shape index (κ2) is 2.58. The number of ether oxygens (including phenoxy) is 1. The summed E-state index contributed by atoms with van der Waals surface area (Å²) in [6.45, 7) is 5.06. The minimum absolute atomic E-state index is 0.319. The van der Waals surface area contributed by atoms with E-state index >= 15 is 0 Å². The van der Waals surface area contributed by atoms with Crippen molar-refractivity contribution in [2.75, 3.05) is 32.8 Å². The monoisotopic (exact) mass is 254 g/mol. The van der Waals surface area contributed by atoms with Gasteiger partial charge in [0.05, 0.1) is 18.8 Å². The number of nitrogens with one attached hydrogen (secondary N) is 1. The van der Waals surface area contributed by atoms with Gasteiger partial charge in [-0.2, -0.15) is 0 Å². The molecule has 0 aliphatic carbocycles. The quantitative estimate of drug-likeness (QED) is 0.487. The first-order chi connectivity index (χ1) is 4.81. The largest absolute Gasteiger partial charge is 0.378 e. The topological polar surface area (TPSA) is 24.5 Å². The Balaban J connectivity index is 1.90. The van der Waals surface area contributed by atoms with Gasteiger partial charge in [-0.3, -0.25) is 0 Å². The lowest BCUT2D eigenvalue weighted by molar-refractivity contribution is -0.0195. The first kappa shape index (κ1) is 7.27. The van der Waals surface area contributed by atoms with Crippen molar-refractivity contribution >= 4 is 22.9 Å². The summed E-state index contributed by atoms with van der Waals surface area (Å²) >= 11 is 2.34. The number of rotatable bonds is 0. The summed E-state index contributed by atoms with van der Waals surface area (Å²) in [7, 11) is 0. The van der Waals surface area contributed by atoms with E-state index in [-0.39, 0.29) is 0 Å². The van der Waals surface area contributed by atoms with E-state index in [1.165, 1.54) is 0 Å². The van der Waals surface area contributed by atoms with Gasteiger partial charge in [-0.05, 0) is 0 Å². The van der Waals surface area contributed by atoms with Crippen LogP contribution in [0.1, 0.15) is 0 Å². The lowest BCUT2D eigenvalue weighted by Crippen LogP contribution is -2.70. The average molecular weight is 254 g/mol. The van der Waals surface area contributed by atoms with Crippen LogP contribution in [0, 0.1) is 0 Å². The number of hydrogen-bond acceptors (Lipinski definition) is 3. The van der Waals surface area contributed by atoms with Gasteiger partial charge in [0, 0.05) is 42.5 Å². The van der Waals surface area contributed by atoms with Gasteiger partial charge in [0.1, 0.15) is 0 Å². The second-order valence-electron chi connectivity index (χ2n) is 3.04. The van der Waals surface area contributed by atoms with Crippen molar-refractivity contribution in [1.82, 2.24) is 8.43 Å². The smallest absolute Gasteiger partial charge is 0.0691 e. The summed E-state index contributed by atoms with van der Waals surface area (Å²) in [4.78, 5) is 0. The van der Waals surface area contributed by atoms with Crippen molar-refractivity contribution in [1.29, 1.82) is 0 Å². The Bertz CT molecular complexity index is 120. The van der Waals surface area contributed by atoms with E-state index in [2.05, 4.69) is 31.3 Å². The second-order valence-corrected chi connectivity index (χ2v) is 4.40. The molecule has 4 heteroatoms. The Morgan fingerprint density at radius 1 is 1.50 bits per heavy atom. The van der Waals surface area contributed by atoms with Crippen molar-refractivity contribution in [3.05, 3.63) is 0 Å². The van der Waals surface area contributed by atoms with E-state index in [4.69, 9.17) is 4.74 Å². The van der Waals surface area contributed by atoms with E-state index in [0.717, 1.165) is 32.8 Å². The molecule has 0 aromatic carbocycles. The molecule has 0 aromatic heterocycles. The molecule has 2 aliphatic rings. The molecular formula is C6H11IN2O. The van der Waals surface area contributed by atoms with Gasteiger partial charge in [-0.25, -0.2) is 3.11 Å². The van der Waals surface area contributed by atoms with E-state index in [9.17, 15) is 0 Å². The summed E-state index contributed by atoms with van der Waals surface area (Å²) in [6.07, 6.45) is 0. The highest BCUT2D eigenvalue weighted by atomic mass is 127. The lowest BCUT2D eigenvalue weighted by Gasteiger charge is -2.49. The maximum Gasteiger partial charge on any atom is 0.0691 e. The molecule has 0 atom stereocenters. The standard InChI is InChI=1S/C6H11IN2O/c7-9-3-6(4-9)5-10-2-1-8-6/h8H,1-5H2. The zero-order valence-corrected chi connectivity index (χ0v) is 7.93. The minimum atomic E-state index is 0.319. The van der Waals surface area contributed by atoms with Crippen LogP contribution in [0.2, 0.25) is 0 Å². The summed E-state index contributed by atoms with van der Waals surface area (Å²) in [5.41, 5.74) is 0.319. The van der Waals surface area contributed by atoms with Crippen molar-refractivity contribution in [3.8, 4) is 0 Å². The van der Waals surface area contributed by atoms with Crippen LogP contribution in [-0.4, -0.2) is 41.5 Å². The predicted octanol–water partition coefficient (Wildman–Crippen LogP) is 0.0106. The first-order valence-corrected chi connectivity index (χ1v) is 4.51. The van der Waals surface area contributed by atoms with Gasteiger partial charge in [0.15, 0.2) is 0 Å². The number of hydrogen-bond donors (Lipinski definition) is 1. The fourth-order valence-electron chi connectivity index (χ4n) is 1.52. The molecule has 2 fully saturated rings. The molecule has 2 heterocycles. The van der Waals surface area contributed by atoms with E-state index in [1.807, 2.05) is 0 Å². The van der Waals surface area contributed by atoms with Gasteiger partial charge in [0.25, 0.3) is 0 Å². The third-order valence-corrected chi connectivity index (χ3v) is 2.76. The van der Waals surface area contributed by atoms with Crippen LogP contribution >= 0.6 is 22.9 Å². The molecule has 0 aromatic rings. The van der Waals surface area contributed by atoms with Gasteiger partial charge in [0.2, 0.25) is 0 Å². The molecule has 3 nitrogen and oxygen atoms in total. The maximum absolute atomic E-state index is 5.38. The minimum Gasteiger partial charge on any atom is -0.378 e. The van der Waals surface area contributed by atoms with Gasteiger partial charge < -0.3 is 10.1 Å². The van der Waals surface area contributed by atoms with E-state index in [1.54, 1.807) is 0 Å². The van der Waals surface area contributed by atoms with Crippen LogP contribution in [0.25, 0.3) is 0 Å². The molecule has 0 unspecified atom stereocenters. The lowest BCUT2D eigenvalue weighted by atomic mass is 9.93. The molecule has 0 radical (unpaired) electrons. The van der Waals surface area contributed by atoms with Crippen LogP contribution in [0.5, 0.6) is 0 Å². The van der Waals surface area contributed by atoms with Crippen molar-refractivity contribution < 1.29 is 4.74 Å². The van der Waals surface area contributed by atoms with E-state index < -0.39 is 0 Å². The summed E-state index contributed by atoms with van der Waals surface area (Å²) in [6, 6.07) is 0. The number of nitrogens with zero attached hydrogens (tertiary/aromatic N) is 1. The molecule has 10 heavy (non-hydrogen) atoms. The Hall–Kier alpha value is 0.610. The molecule has 58 valence electrons. The molecule has 0 bridgehead atoms. The normalized spacial score (nSPS) is 32.1. The van der Waals surface area contributed by atoms with Crippen molar-refractivity contribution in [3.63, 3.8) is 0 Å². The Morgan fingerprint density at radius 2 is 2.30 bits per heavy atom. The molecular weight excluding hydrogens is 243 g/mol. The summed E-state index contributed by atoms with van der Waals surface area (Å²) in [5.74, 6) is 0. The molecule has 2 aliphatic heterocycles. The number of halogens is 1. The Labute approximate surface area is 74.6 Å². The highest BCUT2D eigenvalue weighted by Crippen LogP contribution is 2.25. The van der Waals surface area contributed by atoms with Crippen molar-refractivity contribution in [2.45, 2.75) is 5.54 Å². The van der Waals surface area contributed by atoms with Gasteiger partial charge in [-0.1, -0.05) is 0 Å². The van der Waals surface area contributed by atoms with Crippen LogP contribution in [0.4, 0.5) is 0 Å². The molecule has 1 spiro atoms. The maximum atomic E-state index is 5.38. The Morgan fingerprint density at radius 3 is 2.80 bits per heavy atom. The highest BCUT2D eigenvalue weighted by Gasteiger charge is 2.43. The fourth-order valence-corrected chi connectivity index (χ4v) is 2.83. The predicted molar refractivity (Wildman–Crippen MR) is 47.1 cm³/mol. The van der Waals surface area contributed by atoms with Crippen LogP contribution in [0.3, 0.4) is 0 Å². The zero-order chi connectivity index (χ0) is 7.03. The van der Waals surface area contributed by atoms with Crippen LogP contribution in [-0.2, 0) is 4.74 Å². The van der Waals surface area contributed by atoms with Gasteiger partial charge >= 0.3 is 0 Å². The molecule has 2 saturated heterocycles. The molecule has 2 rings (SSSR count). The summed E-state index contributed by atoms with van der Waals surface area (Å²) in [5, 5.41) is 3.49. The third-order valence-electron chi connectivity index (χ3n) is 2.07. The number of morpholine rings is 1.